The van der Waals surface area contributed by atoms with Crippen LogP contribution in [-0.4, -0.2) is 48.5 Å². The number of aliphatic hydroxyl groups excluding tert-OH is 1. The second kappa shape index (κ2) is 13.9. The number of methoxy groups -OCH3 is 1. The van der Waals surface area contributed by atoms with Crippen LogP contribution in [0.2, 0.25) is 5.02 Å². The third kappa shape index (κ3) is 7.07. The molecule has 0 radical (unpaired) electrons. The maximum absolute atomic E-state index is 10.2. The summed E-state index contributed by atoms with van der Waals surface area (Å²) in [6, 6.07) is 16.9. The fourth-order valence-electron chi connectivity index (χ4n) is 3.67. The van der Waals surface area contributed by atoms with Gasteiger partial charge in [0.2, 0.25) is 5.69 Å². The van der Waals surface area contributed by atoms with Gasteiger partial charge in [-0.1, -0.05) is 47.6 Å². The molecule has 0 bridgehead atoms. The summed E-state index contributed by atoms with van der Waals surface area (Å²) in [7, 11) is 1.60. The summed E-state index contributed by atoms with van der Waals surface area (Å²) in [5.41, 5.74) is 3.60. The average molecular weight is 578 g/mol. The fourth-order valence-corrected chi connectivity index (χ4v) is 5.61. The fraction of sp³-hybridized carbons (Fsp3) is 0.214. The first kappa shape index (κ1) is 28.4. The highest BCUT2D eigenvalue weighted by molar-refractivity contribution is 7.98. The first-order valence-corrected chi connectivity index (χ1v) is 14.1. The second-order valence-electron chi connectivity index (χ2n) is 8.04. The largest absolute Gasteiger partial charge is 0.491 e. The van der Waals surface area contributed by atoms with Crippen LogP contribution in [0.15, 0.2) is 58.9 Å². The van der Waals surface area contributed by atoms with Crippen molar-refractivity contribution in [3.8, 4) is 33.5 Å². The Balaban J connectivity index is 1.69. The van der Waals surface area contributed by atoms with Crippen LogP contribution in [0, 0.1) is 17.9 Å². The van der Waals surface area contributed by atoms with Crippen LogP contribution in [0.5, 0.6) is 5.75 Å². The van der Waals surface area contributed by atoms with E-state index in [0.29, 0.717) is 57.2 Å². The van der Waals surface area contributed by atoms with Gasteiger partial charge >= 0.3 is 0 Å². The molecule has 0 fully saturated rings. The number of benzene rings is 2. The van der Waals surface area contributed by atoms with E-state index in [9.17, 15) is 5.26 Å². The average Bonchev–Trinajstić information content (AvgIpc) is 3.44. The number of pyridine rings is 1. The molecule has 0 aliphatic carbocycles. The molecular formula is C28H24ClN5O3S2. The van der Waals surface area contributed by atoms with Crippen molar-refractivity contribution in [1.82, 2.24) is 9.97 Å². The van der Waals surface area contributed by atoms with E-state index < -0.39 is 0 Å². The highest BCUT2D eigenvalue weighted by Crippen LogP contribution is 2.43. The van der Waals surface area contributed by atoms with Crippen molar-refractivity contribution in [3.05, 3.63) is 81.6 Å². The number of thiazole rings is 1. The van der Waals surface area contributed by atoms with Crippen LogP contribution in [0.3, 0.4) is 0 Å². The van der Waals surface area contributed by atoms with Gasteiger partial charge in [-0.25, -0.2) is 14.8 Å². The van der Waals surface area contributed by atoms with E-state index in [-0.39, 0.29) is 18.9 Å². The lowest BCUT2D eigenvalue weighted by atomic mass is 9.99. The van der Waals surface area contributed by atoms with Crippen molar-refractivity contribution >= 4 is 46.2 Å². The lowest BCUT2D eigenvalue weighted by Crippen LogP contribution is -2.10. The number of hydrogen-bond donors (Lipinski definition) is 2. The van der Waals surface area contributed by atoms with Gasteiger partial charge in [-0.2, -0.15) is 5.26 Å². The van der Waals surface area contributed by atoms with Gasteiger partial charge in [0, 0.05) is 40.9 Å². The van der Waals surface area contributed by atoms with E-state index in [1.54, 1.807) is 31.4 Å². The Morgan fingerprint density at radius 2 is 1.87 bits per heavy atom. The molecule has 4 aromatic rings. The van der Waals surface area contributed by atoms with Gasteiger partial charge in [0.25, 0.3) is 0 Å². The summed E-state index contributed by atoms with van der Waals surface area (Å²) in [6.45, 7) is 8.86. The zero-order valence-electron chi connectivity index (χ0n) is 21.0. The van der Waals surface area contributed by atoms with Crippen molar-refractivity contribution in [1.29, 1.82) is 5.26 Å². The van der Waals surface area contributed by atoms with Gasteiger partial charge in [0.05, 0.1) is 31.0 Å². The Morgan fingerprint density at radius 1 is 1.13 bits per heavy atom. The molecule has 0 spiro atoms. The number of nitrogens with one attached hydrogen (secondary N) is 1. The van der Waals surface area contributed by atoms with E-state index in [0.717, 1.165) is 16.3 Å². The van der Waals surface area contributed by atoms with Crippen LogP contribution in [-0.2, 0) is 10.5 Å². The molecule has 2 aromatic heterocycles. The first-order chi connectivity index (χ1) is 19.1. The number of thioether (sulfide) groups is 1. The zero-order valence-corrected chi connectivity index (χ0v) is 23.4. The smallest absolute Gasteiger partial charge is 0.237 e. The number of nitriles is 1. The molecule has 2 heterocycles. The van der Waals surface area contributed by atoms with Gasteiger partial charge in [-0.05, 0) is 29.8 Å². The van der Waals surface area contributed by atoms with Crippen LogP contribution in [0.1, 0.15) is 11.3 Å². The maximum atomic E-state index is 10.2. The lowest BCUT2D eigenvalue weighted by molar-refractivity contribution is 0.201. The third-order valence-electron chi connectivity index (χ3n) is 5.46. The Morgan fingerprint density at radius 3 is 2.54 bits per heavy atom. The Labute approximate surface area is 240 Å². The number of rotatable bonds is 12. The van der Waals surface area contributed by atoms with E-state index in [2.05, 4.69) is 21.2 Å². The van der Waals surface area contributed by atoms with Crippen LogP contribution in [0.25, 0.3) is 26.5 Å². The third-order valence-corrected chi connectivity index (χ3v) is 7.66. The standard InChI is InChI=1S/C28H24ClN5O3S2/c1-31-25-24(18-5-9-22(10-6-18)37-14-12-35)23(15-30)28(34-26(25)32-11-13-36-2)39-17-21-16-38-27(33-21)19-3-7-20(29)8-4-19/h3-10,16,35H,11-14,17H2,2H3,(H,32,34). The molecule has 198 valence electrons. The Hall–Kier alpha value is -3.64. The van der Waals surface area contributed by atoms with E-state index in [1.165, 1.54) is 23.1 Å². The van der Waals surface area contributed by atoms with Gasteiger partial charge < -0.3 is 19.9 Å². The molecule has 0 saturated carbocycles. The van der Waals surface area contributed by atoms with E-state index >= 15 is 0 Å². The molecule has 2 aromatic carbocycles. The molecule has 0 amide bonds. The summed E-state index contributed by atoms with van der Waals surface area (Å²) >= 11 is 8.94. The molecule has 8 nitrogen and oxygen atoms in total. The zero-order chi connectivity index (χ0) is 27.6. The Bertz CT molecular complexity index is 1500. The monoisotopic (exact) mass is 577 g/mol. The Kier molecular flexibility index (Phi) is 10.1. The number of aromatic nitrogens is 2. The van der Waals surface area contributed by atoms with E-state index in [4.69, 9.17) is 37.7 Å². The first-order valence-electron chi connectivity index (χ1n) is 11.8. The quantitative estimate of drug-likeness (QED) is 0.109. The number of ether oxygens (including phenoxy) is 2. The number of halogens is 1. The van der Waals surface area contributed by atoms with Crippen molar-refractivity contribution in [2.75, 3.05) is 38.8 Å². The molecule has 0 aliphatic rings. The van der Waals surface area contributed by atoms with Crippen molar-refractivity contribution in [2.24, 2.45) is 0 Å². The highest BCUT2D eigenvalue weighted by atomic mass is 35.5. The molecule has 39 heavy (non-hydrogen) atoms. The number of aliphatic hydroxyl groups is 1. The minimum Gasteiger partial charge on any atom is -0.491 e. The topological polar surface area (TPSA) is 105 Å². The summed E-state index contributed by atoms with van der Waals surface area (Å²) < 4.78 is 10.6. The number of nitrogens with zero attached hydrogens (tertiary/aromatic N) is 4. The molecule has 2 N–H and O–H groups in total. The molecular weight excluding hydrogens is 554 g/mol. The number of hydrogen-bond acceptors (Lipinski definition) is 9. The molecule has 0 atom stereocenters. The summed E-state index contributed by atoms with van der Waals surface area (Å²) in [4.78, 5) is 13.2. The lowest BCUT2D eigenvalue weighted by Gasteiger charge is -2.16. The van der Waals surface area contributed by atoms with Gasteiger partial charge in [-0.3, -0.25) is 0 Å². The SMILES string of the molecule is [C-]#[N+]c1c(NCCOC)nc(SCc2csc(-c3ccc(Cl)cc3)n2)c(C#N)c1-c1ccc(OCCO)cc1. The van der Waals surface area contributed by atoms with Crippen LogP contribution in [0.4, 0.5) is 11.5 Å². The summed E-state index contributed by atoms with van der Waals surface area (Å²) in [5.74, 6) is 1.46. The normalized spacial score (nSPS) is 10.6. The second-order valence-corrected chi connectivity index (χ2v) is 10.3. The minimum absolute atomic E-state index is 0.0934. The predicted octanol–water partition coefficient (Wildman–Crippen LogP) is 6.67. The molecule has 0 aliphatic heterocycles. The van der Waals surface area contributed by atoms with Crippen molar-refractivity contribution in [2.45, 2.75) is 10.8 Å². The van der Waals surface area contributed by atoms with Gasteiger partial charge in [-0.15, -0.1) is 11.3 Å². The molecule has 4 rings (SSSR count). The minimum atomic E-state index is -0.0934. The molecule has 0 saturated heterocycles. The molecule has 11 heteroatoms. The van der Waals surface area contributed by atoms with E-state index in [1.807, 2.05) is 29.6 Å². The van der Waals surface area contributed by atoms with Crippen LogP contribution >= 0.6 is 34.7 Å². The van der Waals surface area contributed by atoms with Gasteiger partial charge in [0.1, 0.15) is 34.3 Å². The maximum Gasteiger partial charge on any atom is 0.237 e. The van der Waals surface area contributed by atoms with Crippen LogP contribution < -0.4 is 10.1 Å². The van der Waals surface area contributed by atoms with Gasteiger partial charge in [0.15, 0.2) is 0 Å². The summed E-state index contributed by atoms with van der Waals surface area (Å²) in [6.07, 6.45) is 0. The summed E-state index contributed by atoms with van der Waals surface area (Å²) in [5, 5.41) is 26.4. The predicted molar refractivity (Wildman–Crippen MR) is 156 cm³/mol. The molecule has 0 unspecified atom stereocenters. The van der Waals surface area contributed by atoms with Crippen molar-refractivity contribution in [3.63, 3.8) is 0 Å². The number of anilines is 1. The highest BCUT2D eigenvalue weighted by Gasteiger charge is 2.22. The van der Waals surface area contributed by atoms with Crippen molar-refractivity contribution < 1.29 is 14.6 Å².